The Morgan fingerprint density at radius 1 is 1.32 bits per heavy atom. The topological polar surface area (TPSA) is 53.0 Å². The standard InChI is InChI=1S/C13H14N2O3S/c1-14-9(12(17)15(2)13(14)19)6-8-4-5-11(18-3)10(16)7-8/h4-7,16H,1-3H3/b9-6-. The van der Waals surface area contributed by atoms with Gasteiger partial charge in [0.15, 0.2) is 16.6 Å². The zero-order chi connectivity index (χ0) is 14.2. The highest BCUT2D eigenvalue weighted by molar-refractivity contribution is 7.80. The van der Waals surface area contributed by atoms with Crippen LogP contribution in [0.4, 0.5) is 0 Å². The molecule has 0 radical (unpaired) electrons. The highest BCUT2D eigenvalue weighted by Gasteiger charge is 2.32. The maximum atomic E-state index is 12.0. The predicted molar refractivity (Wildman–Crippen MR) is 75.8 cm³/mol. The molecular formula is C13H14N2O3S. The Labute approximate surface area is 116 Å². The lowest BCUT2D eigenvalue weighted by atomic mass is 10.1. The Morgan fingerprint density at radius 3 is 2.47 bits per heavy atom. The molecule has 1 amide bonds. The number of rotatable bonds is 2. The van der Waals surface area contributed by atoms with Crippen molar-refractivity contribution in [2.75, 3.05) is 21.2 Å². The van der Waals surface area contributed by atoms with Crippen molar-refractivity contribution in [1.29, 1.82) is 0 Å². The molecule has 5 nitrogen and oxygen atoms in total. The van der Waals surface area contributed by atoms with Crippen LogP contribution in [0.3, 0.4) is 0 Å². The van der Waals surface area contributed by atoms with Gasteiger partial charge in [0, 0.05) is 14.1 Å². The SMILES string of the molecule is COc1ccc(/C=C2/C(=O)N(C)C(=S)N2C)cc1O. The number of carbonyl (C=O) groups excluding carboxylic acids is 1. The third kappa shape index (κ3) is 2.26. The number of amides is 1. The van der Waals surface area contributed by atoms with Crippen LogP contribution >= 0.6 is 12.2 Å². The van der Waals surface area contributed by atoms with E-state index in [2.05, 4.69) is 0 Å². The lowest BCUT2D eigenvalue weighted by Crippen LogP contribution is -2.26. The van der Waals surface area contributed by atoms with Gasteiger partial charge in [-0.3, -0.25) is 9.69 Å². The average Bonchev–Trinajstić information content (AvgIpc) is 2.57. The van der Waals surface area contributed by atoms with E-state index in [1.54, 1.807) is 37.2 Å². The fraction of sp³-hybridized carbons (Fsp3) is 0.231. The average molecular weight is 278 g/mol. The lowest BCUT2D eigenvalue weighted by molar-refractivity contribution is -0.121. The molecule has 1 heterocycles. The maximum absolute atomic E-state index is 12.0. The number of hydrogen-bond donors (Lipinski definition) is 1. The molecule has 1 fully saturated rings. The molecule has 1 aliphatic rings. The van der Waals surface area contributed by atoms with Crippen molar-refractivity contribution in [2.45, 2.75) is 0 Å². The Kier molecular flexibility index (Phi) is 3.44. The molecule has 0 aliphatic carbocycles. The van der Waals surface area contributed by atoms with Crippen molar-refractivity contribution in [2.24, 2.45) is 0 Å². The van der Waals surface area contributed by atoms with E-state index < -0.39 is 0 Å². The minimum absolute atomic E-state index is 0.0286. The molecule has 1 N–H and O–H groups in total. The van der Waals surface area contributed by atoms with E-state index in [-0.39, 0.29) is 11.7 Å². The molecule has 0 bridgehead atoms. The molecular weight excluding hydrogens is 264 g/mol. The van der Waals surface area contributed by atoms with Crippen LogP contribution in [0.2, 0.25) is 0 Å². The van der Waals surface area contributed by atoms with Crippen LogP contribution in [-0.4, -0.2) is 47.1 Å². The fourth-order valence-corrected chi connectivity index (χ4v) is 2.02. The Balaban J connectivity index is 2.39. The van der Waals surface area contributed by atoms with Gasteiger partial charge in [0.2, 0.25) is 0 Å². The van der Waals surface area contributed by atoms with Gasteiger partial charge in [-0.2, -0.15) is 0 Å². The first-order valence-corrected chi connectivity index (χ1v) is 6.01. The van der Waals surface area contributed by atoms with E-state index >= 15 is 0 Å². The third-order valence-electron chi connectivity index (χ3n) is 2.97. The van der Waals surface area contributed by atoms with E-state index in [9.17, 15) is 9.90 Å². The van der Waals surface area contributed by atoms with Crippen molar-refractivity contribution in [3.8, 4) is 11.5 Å². The summed E-state index contributed by atoms with van der Waals surface area (Å²) in [5.74, 6) is 0.254. The number of thiocarbonyl (C=S) groups is 1. The summed E-state index contributed by atoms with van der Waals surface area (Å²) < 4.78 is 4.97. The molecule has 0 aromatic heterocycles. The van der Waals surface area contributed by atoms with Crippen LogP contribution in [0.25, 0.3) is 6.08 Å². The van der Waals surface area contributed by atoms with Gasteiger partial charge in [-0.1, -0.05) is 6.07 Å². The molecule has 0 spiro atoms. The maximum Gasteiger partial charge on any atom is 0.276 e. The first-order valence-electron chi connectivity index (χ1n) is 5.60. The van der Waals surface area contributed by atoms with Crippen molar-refractivity contribution in [3.63, 3.8) is 0 Å². The summed E-state index contributed by atoms with van der Waals surface area (Å²) in [4.78, 5) is 15.0. The van der Waals surface area contributed by atoms with Crippen molar-refractivity contribution in [1.82, 2.24) is 9.80 Å². The van der Waals surface area contributed by atoms with Crippen molar-refractivity contribution < 1.29 is 14.6 Å². The summed E-state index contributed by atoms with van der Waals surface area (Å²) in [7, 11) is 4.85. The van der Waals surface area contributed by atoms with Crippen molar-refractivity contribution >= 4 is 29.3 Å². The van der Waals surface area contributed by atoms with E-state index in [0.29, 0.717) is 22.1 Å². The van der Waals surface area contributed by atoms with Gasteiger partial charge in [0.1, 0.15) is 5.70 Å². The predicted octanol–water partition coefficient (Wildman–Crippen LogP) is 1.43. The minimum atomic E-state index is -0.164. The second-order valence-corrected chi connectivity index (χ2v) is 4.53. The van der Waals surface area contributed by atoms with Crippen LogP contribution in [0, 0.1) is 0 Å². The molecule has 6 heteroatoms. The molecule has 1 aromatic carbocycles. The Morgan fingerprint density at radius 2 is 2.00 bits per heavy atom. The summed E-state index contributed by atoms with van der Waals surface area (Å²) in [5.41, 5.74) is 1.17. The fourth-order valence-electron chi connectivity index (χ4n) is 1.84. The molecule has 1 aliphatic heterocycles. The summed E-state index contributed by atoms with van der Waals surface area (Å²) in [6.07, 6.45) is 1.68. The molecule has 0 unspecified atom stereocenters. The highest BCUT2D eigenvalue weighted by Crippen LogP contribution is 2.28. The molecule has 0 atom stereocenters. The van der Waals surface area contributed by atoms with Gasteiger partial charge < -0.3 is 14.7 Å². The first kappa shape index (κ1) is 13.4. The molecule has 2 rings (SSSR count). The van der Waals surface area contributed by atoms with Gasteiger partial charge in [-0.05, 0) is 36.0 Å². The minimum Gasteiger partial charge on any atom is -0.504 e. The molecule has 1 aromatic rings. The van der Waals surface area contributed by atoms with Crippen LogP contribution < -0.4 is 4.74 Å². The number of aromatic hydroxyl groups is 1. The molecule has 1 saturated heterocycles. The number of methoxy groups -OCH3 is 1. The largest absolute Gasteiger partial charge is 0.504 e. The van der Waals surface area contributed by atoms with E-state index in [1.807, 2.05) is 0 Å². The quantitative estimate of drug-likeness (QED) is 0.655. The molecule has 19 heavy (non-hydrogen) atoms. The number of hydrogen-bond acceptors (Lipinski definition) is 4. The van der Waals surface area contributed by atoms with E-state index in [1.165, 1.54) is 18.1 Å². The summed E-state index contributed by atoms with van der Waals surface area (Å²) in [5, 5.41) is 10.2. The summed E-state index contributed by atoms with van der Waals surface area (Å²) in [6.45, 7) is 0. The highest BCUT2D eigenvalue weighted by atomic mass is 32.1. The lowest BCUT2D eigenvalue weighted by Gasteiger charge is -2.11. The molecule has 100 valence electrons. The number of phenols is 1. The number of ether oxygens (including phenoxy) is 1. The smallest absolute Gasteiger partial charge is 0.276 e. The van der Waals surface area contributed by atoms with Gasteiger partial charge in [0.05, 0.1) is 7.11 Å². The van der Waals surface area contributed by atoms with Crippen molar-refractivity contribution in [3.05, 3.63) is 29.5 Å². The van der Waals surface area contributed by atoms with Gasteiger partial charge in [-0.25, -0.2) is 0 Å². The Hall–Kier alpha value is -2.08. The number of benzene rings is 1. The zero-order valence-electron chi connectivity index (χ0n) is 10.9. The normalized spacial score (nSPS) is 17.5. The van der Waals surface area contributed by atoms with Gasteiger partial charge >= 0.3 is 0 Å². The van der Waals surface area contributed by atoms with Crippen LogP contribution in [0.1, 0.15) is 5.56 Å². The summed E-state index contributed by atoms with van der Waals surface area (Å²) >= 11 is 5.12. The summed E-state index contributed by atoms with van der Waals surface area (Å²) in [6, 6.07) is 4.94. The number of phenolic OH excluding ortho intramolecular Hbond substituents is 1. The van der Waals surface area contributed by atoms with E-state index in [0.717, 1.165) is 0 Å². The zero-order valence-corrected chi connectivity index (χ0v) is 11.7. The number of carbonyl (C=O) groups is 1. The van der Waals surface area contributed by atoms with Gasteiger partial charge in [0.25, 0.3) is 5.91 Å². The second kappa shape index (κ2) is 4.89. The van der Waals surface area contributed by atoms with Crippen LogP contribution in [-0.2, 0) is 4.79 Å². The second-order valence-electron chi connectivity index (χ2n) is 4.17. The Bertz CT molecular complexity index is 583. The first-order chi connectivity index (χ1) is 8.95. The molecule has 0 saturated carbocycles. The third-order valence-corrected chi connectivity index (χ3v) is 3.51. The van der Waals surface area contributed by atoms with Crippen LogP contribution in [0.5, 0.6) is 11.5 Å². The monoisotopic (exact) mass is 278 g/mol. The van der Waals surface area contributed by atoms with Gasteiger partial charge in [-0.15, -0.1) is 0 Å². The number of likely N-dealkylation sites (N-methyl/N-ethyl adjacent to an activating group) is 2. The van der Waals surface area contributed by atoms with E-state index in [4.69, 9.17) is 17.0 Å². The number of nitrogens with zero attached hydrogens (tertiary/aromatic N) is 2. The van der Waals surface area contributed by atoms with Crippen LogP contribution in [0.15, 0.2) is 23.9 Å².